The summed E-state index contributed by atoms with van der Waals surface area (Å²) >= 11 is 0. The number of amides is 1. The first-order chi connectivity index (χ1) is 15.2. The second kappa shape index (κ2) is 7.10. The summed E-state index contributed by atoms with van der Waals surface area (Å²) in [5.74, 6) is -8.46. The molecule has 1 aliphatic heterocycles. The van der Waals surface area contributed by atoms with Gasteiger partial charge in [-0.2, -0.15) is 22.7 Å². The van der Waals surface area contributed by atoms with Gasteiger partial charge in [-0.1, -0.05) is 0 Å². The molecule has 1 saturated heterocycles. The molecule has 1 aliphatic carbocycles. The Bertz CT molecular complexity index is 1170. The molecule has 4 heterocycles. The summed E-state index contributed by atoms with van der Waals surface area (Å²) < 4.78 is 59.1. The third kappa shape index (κ3) is 3.24. The lowest BCUT2D eigenvalue weighted by molar-refractivity contribution is -0.330. The number of anilines is 1. The topological polar surface area (TPSA) is 79.3 Å². The van der Waals surface area contributed by atoms with Crippen molar-refractivity contribution in [1.82, 2.24) is 24.6 Å². The molecule has 8 nitrogen and oxygen atoms in total. The predicted octanol–water partition coefficient (Wildman–Crippen LogP) is 3.26. The molecule has 1 N–H and O–H groups in total. The molecular formula is C20H20F4N6O2. The van der Waals surface area contributed by atoms with E-state index in [1.165, 1.54) is 4.90 Å². The molecule has 5 rings (SSSR count). The molecule has 1 atom stereocenters. The van der Waals surface area contributed by atoms with Crippen molar-refractivity contribution in [2.75, 3.05) is 31.1 Å². The van der Waals surface area contributed by atoms with Crippen LogP contribution in [0.1, 0.15) is 6.42 Å². The summed E-state index contributed by atoms with van der Waals surface area (Å²) in [6.07, 6.45) is 1.07. The van der Waals surface area contributed by atoms with E-state index in [1.54, 1.807) is 17.1 Å². The van der Waals surface area contributed by atoms with E-state index in [2.05, 4.69) is 24.7 Å². The van der Waals surface area contributed by atoms with Gasteiger partial charge in [0.2, 0.25) is 0 Å². The summed E-state index contributed by atoms with van der Waals surface area (Å²) in [5, 5.41) is 5.08. The van der Waals surface area contributed by atoms with Crippen molar-refractivity contribution in [3.8, 4) is 11.3 Å². The zero-order chi connectivity index (χ0) is 22.7. The van der Waals surface area contributed by atoms with E-state index in [4.69, 9.17) is 0 Å². The molecule has 0 unspecified atom stereocenters. The Morgan fingerprint density at radius 1 is 1.22 bits per heavy atom. The minimum Gasteiger partial charge on any atom is -0.439 e. The molecule has 0 radical (unpaired) electrons. The van der Waals surface area contributed by atoms with E-state index in [-0.39, 0.29) is 13.1 Å². The van der Waals surface area contributed by atoms with Crippen LogP contribution < -0.4 is 4.90 Å². The number of halogens is 4. The zero-order valence-electron chi connectivity index (χ0n) is 17.1. The third-order valence-electron chi connectivity index (χ3n) is 5.98. The smallest absolute Gasteiger partial charge is 0.410 e. The van der Waals surface area contributed by atoms with Crippen molar-refractivity contribution in [3.05, 3.63) is 30.7 Å². The number of hydrogen-bond donors (Lipinski definition) is 1. The largest absolute Gasteiger partial charge is 0.439 e. The summed E-state index contributed by atoms with van der Waals surface area (Å²) in [6.45, 7) is 1.30. The van der Waals surface area contributed by atoms with Crippen molar-refractivity contribution in [3.63, 3.8) is 0 Å². The first-order valence-electron chi connectivity index (χ1n) is 10.1. The average molecular weight is 452 g/mol. The highest BCUT2D eigenvalue weighted by Gasteiger charge is 2.74. The number of pyridine rings is 1. The van der Waals surface area contributed by atoms with Crippen molar-refractivity contribution in [1.29, 1.82) is 0 Å². The highest BCUT2D eigenvalue weighted by molar-refractivity contribution is 5.93. The third-order valence-corrected chi connectivity index (χ3v) is 5.98. The quantitative estimate of drug-likeness (QED) is 0.618. The Morgan fingerprint density at radius 2 is 1.97 bits per heavy atom. The number of H-pyrrole nitrogens is 1. The van der Waals surface area contributed by atoms with Crippen LogP contribution in [-0.2, 0) is 11.8 Å². The van der Waals surface area contributed by atoms with Gasteiger partial charge in [0.15, 0.2) is 6.10 Å². The Morgan fingerprint density at radius 3 is 2.59 bits per heavy atom. The number of nitrogens with one attached hydrogen (secondary N) is 1. The number of carbonyl (C=O) groups excluding carboxylic acids is 1. The van der Waals surface area contributed by atoms with E-state index < -0.39 is 30.5 Å². The van der Waals surface area contributed by atoms with Gasteiger partial charge in [0.25, 0.3) is 0 Å². The van der Waals surface area contributed by atoms with Crippen LogP contribution in [0.4, 0.5) is 28.0 Å². The average Bonchev–Trinajstić information content (AvgIpc) is 3.39. The van der Waals surface area contributed by atoms with Gasteiger partial charge in [-0.05, 0) is 12.1 Å². The molecule has 2 fully saturated rings. The van der Waals surface area contributed by atoms with Gasteiger partial charge in [-0.15, -0.1) is 0 Å². The zero-order valence-corrected chi connectivity index (χ0v) is 17.1. The fraction of sp³-hybridized carbons (Fsp3) is 0.450. The van der Waals surface area contributed by atoms with Gasteiger partial charge in [0.1, 0.15) is 5.65 Å². The number of nitrogens with zero attached hydrogens (tertiary/aromatic N) is 5. The maximum Gasteiger partial charge on any atom is 0.410 e. The molecule has 1 saturated carbocycles. The highest BCUT2D eigenvalue weighted by atomic mass is 19.3. The van der Waals surface area contributed by atoms with Crippen molar-refractivity contribution in [2.45, 2.75) is 24.4 Å². The number of piperazine rings is 1. The number of aryl methyl sites for hydroxylation is 1. The van der Waals surface area contributed by atoms with Crippen LogP contribution in [0.15, 0.2) is 30.7 Å². The van der Waals surface area contributed by atoms with Gasteiger partial charge >= 0.3 is 17.9 Å². The molecule has 32 heavy (non-hydrogen) atoms. The monoisotopic (exact) mass is 452 g/mol. The molecular weight excluding hydrogens is 432 g/mol. The van der Waals surface area contributed by atoms with E-state index in [0.29, 0.717) is 18.7 Å². The molecule has 0 aromatic carbocycles. The number of aromatic nitrogens is 4. The highest BCUT2D eigenvalue weighted by Crippen LogP contribution is 2.52. The number of fused-ring (bicyclic) bond motifs is 1. The van der Waals surface area contributed by atoms with E-state index in [9.17, 15) is 22.4 Å². The Hall–Kier alpha value is -3.31. The van der Waals surface area contributed by atoms with Gasteiger partial charge in [-0.3, -0.25) is 4.68 Å². The lowest BCUT2D eigenvalue weighted by atomic mass is 9.85. The first-order valence-corrected chi connectivity index (χ1v) is 10.1. The Labute approximate surface area is 179 Å². The molecule has 0 bridgehead atoms. The van der Waals surface area contributed by atoms with E-state index >= 15 is 0 Å². The van der Waals surface area contributed by atoms with Gasteiger partial charge < -0.3 is 19.5 Å². The van der Waals surface area contributed by atoms with Crippen LogP contribution in [0.25, 0.3) is 22.3 Å². The molecule has 3 aromatic rings. The van der Waals surface area contributed by atoms with E-state index in [0.717, 1.165) is 22.3 Å². The van der Waals surface area contributed by atoms with E-state index in [1.807, 2.05) is 25.4 Å². The molecule has 170 valence electrons. The summed E-state index contributed by atoms with van der Waals surface area (Å²) in [7, 11) is 1.83. The summed E-state index contributed by atoms with van der Waals surface area (Å²) in [5.41, 5.74) is 3.41. The number of aromatic amines is 1. The Kier molecular flexibility index (Phi) is 4.57. The van der Waals surface area contributed by atoms with Gasteiger partial charge in [0.05, 0.1) is 18.3 Å². The lowest BCUT2D eigenvalue weighted by Crippen LogP contribution is -2.64. The number of ether oxygens (including phenoxy) is 1. The first kappa shape index (κ1) is 20.6. The fourth-order valence-corrected chi connectivity index (χ4v) is 4.05. The van der Waals surface area contributed by atoms with Gasteiger partial charge in [-0.25, -0.2) is 9.78 Å². The van der Waals surface area contributed by atoms with Crippen molar-refractivity contribution in [2.24, 2.45) is 7.05 Å². The number of rotatable bonds is 3. The molecule has 2 aliphatic rings. The molecule has 1 amide bonds. The molecule has 0 spiro atoms. The number of carbonyl (C=O) groups is 1. The fourth-order valence-electron chi connectivity index (χ4n) is 4.05. The second-order valence-electron chi connectivity index (χ2n) is 8.06. The second-order valence-corrected chi connectivity index (χ2v) is 8.06. The predicted molar refractivity (Wildman–Crippen MR) is 107 cm³/mol. The normalized spacial score (nSPS) is 22.1. The van der Waals surface area contributed by atoms with Crippen molar-refractivity contribution < 1.29 is 27.1 Å². The molecule has 12 heteroatoms. The Balaban J connectivity index is 1.26. The minimum absolute atomic E-state index is 0.219. The lowest BCUT2D eigenvalue weighted by Gasteiger charge is -2.43. The van der Waals surface area contributed by atoms with Crippen LogP contribution in [0.2, 0.25) is 0 Å². The van der Waals surface area contributed by atoms with Crippen LogP contribution in [0, 0.1) is 0 Å². The minimum atomic E-state index is -4.33. The summed E-state index contributed by atoms with van der Waals surface area (Å²) in [4.78, 5) is 23.2. The standard InChI is InChI=1S/C20H20F4N6O2/c1-28-11-12(10-26-28)14-8-13-15(2-3-25-17(13)27-14)29-4-6-30(7-5-29)18(31)32-16-9-19(21,22)20(16,23)24/h2-3,8,10-11,16H,4-7,9H2,1H3,(H,25,27)/t16-/m0/s1. The maximum absolute atomic E-state index is 13.4. The SMILES string of the molecule is Cn1cc(-c2cc3c(N4CCN(C(=O)O[C@H]5CC(F)(F)C5(F)F)CC4)ccnc3[nH]2)cn1. The van der Waals surface area contributed by atoms with Gasteiger partial charge in [0, 0.05) is 62.3 Å². The number of alkyl halides is 4. The van der Waals surface area contributed by atoms with Crippen LogP contribution in [0.5, 0.6) is 0 Å². The maximum atomic E-state index is 13.4. The van der Waals surface area contributed by atoms with Crippen molar-refractivity contribution >= 4 is 22.8 Å². The van der Waals surface area contributed by atoms with Crippen LogP contribution in [-0.4, -0.2) is 74.9 Å². The van der Waals surface area contributed by atoms with Crippen LogP contribution in [0.3, 0.4) is 0 Å². The number of hydrogen-bond acceptors (Lipinski definition) is 5. The summed E-state index contributed by atoms with van der Waals surface area (Å²) in [6, 6.07) is 3.85. The molecule has 3 aromatic heterocycles. The van der Waals surface area contributed by atoms with Crippen LogP contribution >= 0.6 is 0 Å².